The zero-order valence-corrected chi connectivity index (χ0v) is 14.5. The predicted molar refractivity (Wildman–Crippen MR) is 92.4 cm³/mol. The van der Waals surface area contributed by atoms with Crippen LogP contribution in [0.25, 0.3) is 0 Å². The molecular formula is C20H27FN2O. The molecule has 24 heavy (non-hydrogen) atoms. The van der Waals surface area contributed by atoms with Gasteiger partial charge < -0.3 is 9.80 Å². The highest BCUT2D eigenvalue weighted by molar-refractivity contribution is 5.81. The number of carbonyl (C=O) groups excluding carboxylic acids is 1. The van der Waals surface area contributed by atoms with Gasteiger partial charge in [-0.15, -0.1) is 0 Å². The van der Waals surface area contributed by atoms with Crippen LogP contribution < -0.4 is 0 Å². The van der Waals surface area contributed by atoms with Gasteiger partial charge in [0.15, 0.2) is 0 Å². The third kappa shape index (κ3) is 3.08. The molecule has 1 aromatic rings. The Bertz CT molecular complexity index is 628. The standard InChI is InChI=1S/C20H27FN2O/c1-22-10-11-23-17(13-22)12-16(20(23)24)6-2-4-14-5-3-7-18(21)19(14)15-8-9-15/h3,5,7,15-17H,2,4,6,8-13H2,1H3/t16-,17-/m0/s1. The van der Waals surface area contributed by atoms with Crippen molar-refractivity contribution in [2.75, 3.05) is 26.7 Å². The van der Waals surface area contributed by atoms with Gasteiger partial charge in [-0.05, 0) is 68.7 Å². The molecule has 0 N–H and O–H groups in total. The molecule has 2 aliphatic heterocycles. The lowest BCUT2D eigenvalue weighted by molar-refractivity contribution is -0.133. The van der Waals surface area contributed by atoms with Crippen LogP contribution in [0.5, 0.6) is 0 Å². The number of halogens is 1. The van der Waals surface area contributed by atoms with Crippen molar-refractivity contribution in [1.29, 1.82) is 0 Å². The van der Waals surface area contributed by atoms with Crippen LogP contribution >= 0.6 is 0 Å². The van der Waals surface area contributed by atoms with E-state index in [1.165, 1.54) is 5.56 Å². The number of aryl methyl sites for hydroxylation is 1. The molecule has 0 spiro atoms. The molecule has 0 bridgehead atoms. The Labute approximate surface area is 143 Å². The minimum absolute atomic E-state index is 0.0351. The number of piperazine rings is 1. The van der Waals surface area contributed by atoms with Crippen LogP contribution in [-0.2, 0) is 11.2 Å². The van der Waals surface area contributed by atoms with E-state index in [0.717, 1.165) is 63.7 Å². The van der Waals surface area contributed by atoms with Crippen molar-refractivity contribution in [3.63, 3.8) is 0 Å². The summed E-state index contributed by atoms with van der Waals surface area (Å²) in [6, 6.07) is 5.91. The van der Waals surface area contributed by atoms with Gasteiger partial charge in [0.25, 0.3) is 0 Å². The highest BCUT2D eigenvalue weighted by Crippen LogP contribution is 2.43. The number of amides is 1. The van der Waals surface area contributed by atoms with Crippen molar-refractivity contribution < 1.29 is 9.18 Å². The summed E-state index contributed by atoms with van der Waals surface area (Å²) in [5, 5.41) is 0. The first kappa shape index (κ1) is 16.1. The smallest absolute Gasteiger partial charge is 0.226 e. The number of rotatable bonds is 5. The third-order valence-corrected chi connectivity index (χ3v) is 6.00. The molecular weight excluding hydrogens is 303 g/mol. The van der Waals surface area contributed by atoms with Crippen molar-refractivity contribution >= 4 is 5.91 Å². The Hall–Kier alpha value is -1.42. The molecule has 3 fully saturated rings. The lowest BCUT2D eigenvalue weighted by Crippen LogP contribution is -2.49. The fourth-order valence-electron chi connectivity index (χ4n) is 4.58. The van der Waals surface area contributed by atoms with E-state index in [1.807, 2.05) is 6.07 Å². The van der Waals surface area contributed by atoms with Gasteiger partial charge in [-0.3, -0.25) is 4.79 Å². The first-order valence-corrected chi connectivity index (χ1v) is 9.40. The predicted octanol–water partition coefficient (Wildman–Crippen LogP) is 3.19. The summed E-state index contributed by atoms with van der Waals surface area (Å²) in [7, 11) is 2.14. The van der Waals surface area contributed by atoms with E-state index < -0.39 is 0 Å². The number of carbonyl (C=O) groups is 1. The molecule has 0 unspecified atom stereocenters. The summed E-state index contributed by atoms with van der Waals surface area (Å²) in [5.74, 6) is 0.945. The Kier molecular flexibility index (Phi) is 4.33. The van der Waals surface area contributed by atoms with Gasteiger partial charge in [-0.2, -0.15) is 0 Å². The zero-order chi connectivity index (χ0) is 16.7. The summed E-state index contributed by atoms with van der Waals surface area (Å²) >= 11 is 0. The van der Waals surface area contributed by atoms with Crippen LogP contribution in [0.3, 0.4) is 0 Å². The fourth-order valence-corrected chi connectivity index (χ4v) is 4.58. The van der Waals surface area contributed by atoms with Crippen LogP contribution in [0.15, 0.2) is 18.2 Å². The van der Waals surface area contributed by atoms with Crippen LogP contribution in [0, 0.1) is 11.7 Å². The number of hydrogen-bond acceptors (Lipinski definition) is 2. The van der Waals surface area contributed by atoms with Crippen molar-refractivity contribution in [3.8, 4) is 0 Å². The second-order valence-electron chi connectivity index (χ2n) is 7.86. The maximum absolute atomic E-state index is 14.1. The Morgan fingerprint density at radius 3 is 2.88 bits per heavy atom. The highest BCUT2D eigenvalue weighted by atomic mass is 19.1. The molecule has 3 nitrogen and oxygen atoms in total. The lowest BCUT2D eigenvalue weighted by Gasteiger charge is -2.35. The molecule has 4 heteroatoms. The van der Waals surface area contributed by atoms with Gasteiger partial charge in [0.1, 0.15) is 5.82 Å². The Morgan fingerprint density at radius 2 is 2.08 bits per heavy atom. The summed E-state index contributed by atoms with van der Waals surface area (Å²) in [6.07, 6.45) is 6.07. The van der Waals surface area contributed by atoms with Gasteiger partial charge in [0.05, 0.1) is 0 Å². The van der Waals surface area contributed by atoms with Crippen molar-refractivity contribution in [3.05, 3.63) is 35.1 Å². The summed E-state index contributed by atoms with van der Waals surface area (Å²) in [4.78, 5) is 17.0. The molecule has 2 saturated heterocycles. The van der Waals surface area contributed by atoms with Crippen molar-refractivity contribution in [2.24, 2.45) is 5.92 Å². The SMILES string of the molecule is CN1CCN2C(=O)[C@@H](CCCc3cccc(F)c3C3CC3)C[C@H]2C1. The van der Waals surface area contributed by atoms with E-state index in [2.05, 4.69) is 22.9 Å². The Morgan fingerprint density at radius 1 is 1.25 bits per heavy atom. The normalized spacial score (nSPS) is 27.6. The molecule has 3 aliphatic rings. The fraction of sp³-hybridized carbons (Fsp3) is 0.650. The third-order valence-electron chi connectivity index (χ3n) is 6.00. The lowest BCUT2D eigenvalue weighted by atomic mass is 9.93. The maximum Gasteiger partial charge on any atom is 0.226 e. The van der Waals surface area contributed by atoms with Crippen LogP contribution in [0.4, 0.5) is 4.39 Å². The highest BCUT2D eigenvalue weighted by Gasteiger charge is 2.41. The number of hydrogen-bond donors (Lipinski definition) is 0. The van der Waals surface area contributed by atoms with Gasteiger partial charge in [-0.1, -0.05) is 12.1 Å². The molecule has 1 saturated carbocycles. The summed E-state index contributed by atoms with van der Waals surface area (Å²) in [5.41, 5.74) is 2.12. The quantitative estimate of drug-likeness (QED) is 0.828. The van der Waals surface area contributed by atoms with Crippen LogP contribution in [0.1, 0.15) is 49.1 Å². The molecule has 130 valence electrons. The van der Waals surface area contributed by atoms with E-state index in [9.17, 15) is 9.18 Å². The zero-order valence-electron chi connectivity index (χ0n) is 14.5. The minimum atomic E-state index is -0.0351. The summed E-state index contributed by atoms with van der Waals surface area (Å²) < 4.78 is 14.1. The van der Waals surface area contributed by atoms with Crippen molar-refractivity contribution in [2.45, 2.75) is 50.5 Å². The van der Waals surface area contributed by atoms with Gasteiger partial charge in [0.2, 0.25) is 5.91 Å². The molecule has 2 atom stereocenters. The van der Waals surface area contributed by atoms with Gasteiger partial charge in [-0.25, -0.2) is 4.39 Å². The molecule has 0 radical (unpaired) electrons. The molecule has 1 amide bonds. The van der Waals surface area contributed by atoms with E-state index in [-0.39, 0.29) is 11.7 Å². The summed E-state index contributed by atoms with van der Waals surface area (Å²) in [6.45, 7) is 2.88. The topological polar surface area (TPSA) is 23.6 Å². The molecule has 1 aromatic carbocycles. The van der Waals surface area contributed by atoms with Crippen molar-refractivity contribution in [1.82, 2.24) is 9.80 Å². The van der Waals surface area contributed by atoms with E-state index in [4.69, 9.17) is 0 Å². The molecule has 4 rings (SSSR count). The first-order chi connectivity index (χ1) is 11.6. The average Bonchev–Trinajstić information content (AvgIpc) is 3.33. The number of likely N-dealkylation sites (N-methyl/N-ethyl adjacent to an activating group) is 1. The average molecular weight is 330 g/mol. The van der Waals surface area contributed by atoms with Crippen LogP contribution in [0.2, 0.25) is 0 Å². The van der Waals surface area contributed by atoms with E-state index in [1.54, 1.807) is 6.07 Å². The van der Waals surface area contributed by atoms with Gasteiger partial charge >= 0.3 is 0 Å². The molecule has 0 aromatic heterocycles. The monoisotopic (exact) mass is 330 g/mol. The van der Waals surface area contributed by atoms with E-state index in [0.29, 0.717) is 17.9 Å². The largest absolute Gasteiger partial charge is 0.337 e. The van der Waals surface area contributed by atoms with Gasteiger partial charge in [0, 0.05) is 31.6 Å². The Balaban J connectivity index is 1.35. The second kappa shape index (κ2) is 6.47. The number of fused-ring (bicyclic) bond motifs is 1. The number of nitrogens with zero attached hydrogens (tertiary/aromatic N) is 2. The second-order valence-corrected chi connectivity index (χ2v) is 7.86. The number of benzene rings is 1. The van der Waals surface area contributed by atoms with Crippen LogP contribution in [-0.4, -0.2) is 48.4 Å². The minimum Gasteiger partial charge on any atom is -0.337 e. The van der Waals surface area contributed by atoms with E-state index >= 15 is 0 Å². The molecule has 2 heterocycles. The first-order valence-electron chi connectivity index (χ1n) is 9.40. The molecule has 1 aliphatic carbocycles. The maximum atomic E-state index is 14.1.